The van der Waals surface area contributed by atoms with Crippen LogP contribution in [0.4, 0.5) is 0 Å². The Morgan fingerprint density at radius 3 is 2.55 bits per heavy atom. The summed E-state index contributed by atoms with van der Waals surface area (Å²) >= 11 is 0. The highest BCUT2D eigenvalue weighted by molar-refractivity contribution is 5.89. The third kappa shape index (κ3) is 4.21. The molecule has 5 nitrogen and oxygen atoms in total. The van der Waals surface area contributed by atoms with Crippen molar-refractivity contribution in [2.75, 3.05) is 40.0 Å². The summed E-state index contributed by atoms with van der Waals surface area (Å²) in [6.45, 7) is 6.28. The average Bonchev–Trinajstić information content (AvgIpc) is 2.48. The van der Waals surface area contributed by atoms with Crippen LogP contribution >= 0.6 is 0 Å². The Hall–Kier alpha value is -1.59. The molecule has 1 heterocycles. The van der Waals surface area contributed by atoms with Gasteiger partial charge in [-0.1, -0.05) is 0 Å². The highest BCUT2D eigenvalue weighted by Crippen LogP contribution is 2.12. The van der Waals surface area contributed by atoms with Crippen molar-refractivity contribution in [1.82, 2.24) is 0 Å². The third-order valence-corrected chi connectivity index (χ3v) is 3.41. The lowest BCUT2D eigenvalue weighted by molar-refractivity contribution is -0.910. The lowest BCUT2D eigenvalue weighted by Gasteiger charge is -2.26. The zero-order valence-electron chi connectivity index (χ0n) is 12.1. The number of hydrogen-bond donors (Lipinski definition) is 1. The lowest BCUT2D eigenvalue weighted by Crippen LogP contribution is -3.15. The van der Waals surface area contributed by atoms with Gasteiger partial charge in [-0.05, 0) is 31.2 Å². The van der Waals surface area contributed by atoms with E-state index in [1.807, 2.05) is 6.92 Å². The van der Waals surface area contributed by atoms with E-state index in [1.54, 1.807) is 31.4 Å². The summed E-state index contributed by atoms with van der Waals surface area (Å²) in [6.07, 6.45) is -0.0994. The molecule has 0 aromatic heterocycles. The molecule has 0 saturated carbocycles. The number of nitrogens with one attached hydrogen (secondary N) is 1. The number of esters is 1. The van der Waals surface area contributed by atoms with Gasteiger partial charge in [0.2, 0.25) is 0 Å². The van der Waals surface area contributed by atoms with Gasteiger partial charge < -0.3 is 19.1 Å². The minimum absolute atomic E-state index is 0.0994. The molecular formula is C15H22NO4+. The van der Waals surface area contributed by atoms with Crippen LogP contribution in [0.25, 0.3) is 0 Å². The zero-order valence-corrected chi connectivity index (χ0v) is 12.1. The van der Waals surface area contributed by atoms with Crippen LogP contribution in [0, 0.1) is 0 Å². The molecule has 1 N–H and O–H groups in total. The zero-order chi connectivity index (χ0) is 14.4. The van der Waals surface area contributed by atoms with Gasteiger partial charge in [0.25, 0.3) is 0 Å². The Morgan fingerprint density at radius 1 is 1.30 bits per heavy atom. The molecule has 1 fully saturated rings. The molecule has 1 aliphatic rings. The second-order valence-corrected chi connectivity index (χ2v) is 5.01. The highest BCUT2D eigenvalue weighted by Gasteiger charge is 2.20. The first-order valence-electron chi connectivity index (χ1n) is 6.95. The lowest BCUT2D eigenvalue weighted by atomic mass is 10.2. The fourth-order valence-corrected chi connectivity index (χ4v) is 2.29. The molecule has 0 radical (unpaired) electrons. The normalized spacial score (nSPS) is 17.5. The highest BCUT2D eigenvalue weighted by atomic mass is 16.5. The van der Waals surface area contributed by atoms with Crippen LogP contribution in [0.2, 0.25) is 0 Å². The Kier molecular flexibility index (Phi) is 5.38. The average molecular weight is 280 g/mol. The van der Waals surface area contributed by atoms with E-state index in [9.17, 15) is 4.79 Å². The van der Waals surface area contributed by atoms with Crippen LogP contribution in [-0.2, 0) is 9.47 Å². The predicted octanol–water partition coefficient (Wildman–Crippen LogP) is 0.156. The third-order valence-electron chi connectivity index (χ3n) is 3.41. The van der Waals surface area contributed by atoms with Gasteiger partial charge in [0.15, 0.2) is 0 Å². The van der Waals surface area contributed by atoms with E-state index in [1.165, 1.54) is 4.90 Å². The summed E-state index contributed by atoms with van der Waals surface area (Å²) in [5.74, 6) is 0.445. The molecule has 0 bridgehead atoms. The first-order chi connectivity index (χ1) is 9.69. The molecule has 110 valence electrons. The van der Waals surface area contributed by atoms with Crippen LogP contribution < -0.4 is 9.64 Å². The Bertz CT molecular complexity index is 426. The number of carbonyl (C=O) groups is 1. The van der Waals surface area contributed by atoms with Gasteiger partial charge in [-0.3, -0.25) is 0 Å². The van der Waals surface area contributed by atoms with Crippen molar-refractivity contribution < 1.29 is 23.9 Å². The number of quaternary nitrogens is 1. The summed E-state index contributed by atoms with van der Waals surface area (Å²) in [5, 5.41) is 0. The number of hydrogen-bond acceptors (Lipinski definition) is 4. The van der Waals surface area contributed by atoms with Gasteiger partial charge in [0.05, 0.1) is 25.9 Å². The second-order valence-electron chi connectivity index (χ2n) is 5.01. The first kappa shape index (κ1) is 14.8. The van der Waals surface area contributed by atoms with Gasteiger partial charge >= 0.3 is 5.97 Å². The number of carbonyl (C=O) groups excluding carboxylic acids is 1. The largest absolute Gasteiger partial charge is 0.497 e. The molecule has 0 aliphatic carbocycles. The molecule has 5 heteroatoms. The maximum Gasteiger partial charge on any atom is 0.338 e. The molecular weight excluding hydrogens is 258 g/mol. The van der Waals surface area contributed by atoms with Gasteiger partial charge in [0, 0.05) is 0 Å². The minimum Gasteiger partial charge on any atom is -0.497 e. The SMILES string of the molecule is COc1ccc(C(=O)OC(C)C[NH+]2CCOCC2)cc1. The number of benzene rings is 1. The molecule has 1 aliphatic heterocycles. The smallest absolute Gasteiger partial charge is 0.338 e. The molecule has 1 aromatic carbocycles. The van der Waals surface area contributed by atoms with Crippen molar-refractivity contribution in [3.8, 4) is 5.75 Å². The Morgan fingerprint density at radius 2 is 1.95 bits per heavy atom. The van der Waals surface area contributed by atoms with E-state index in [2.05, 4.69) is 0 Å². The number of ether oxygens (including phenoxy) is 3. The maximum atomic E-state index is 12.0. The first-order valence-corrected chi connectivity index (χ1v) is 6.95. The molecule has 2 rings (SSSR count). The number of morpholine rings is 1. The summed E-state index contributed by atoms with van der Waals surface area (Å²) in [6, 6.07) is 6.95. The molecule has 0 spiro atoms. The van der Waals surface area contributed by atoms with E-state index in [-0.39, 0.29) is 12.1 Å². The quantitative estimate of drug-likeness (QED) is 0.780. The molecule has 1 atom stereocenters. The van der Waals surface area contributed by atoms with Gasteiger partial charge in [0.1, 0.15) is 31.5 Å². The Balaban J connectivity index is 1.82. The monoisotopic (exact) mass is 280 g/mol. The van der Waals surface area contributed by atoms with Gasteiger partial charge in [-0.2, -0.15) is 0 Å². The van der Waals surface area contributed by atoms with Crippen molar-refractivity contribution in [3.05, 3.63) is 29.8 Å². The minimum atomic E-state index is -0.284. The van der Waals surface area contributed by atoms with Crippen LogP contribution in [-0.4, -0.2) is 52.0 Å². The molecule has 1 saturated heterocycles. The Labute approximate surface area is 119 Å². The van der Waals surface area contributed by atoms with Crippen LogP contribution in [0.5, 0.6) is 5.75 Å². The van der Waals surface area contributed by atoms with Crippen molar-refractivity contribution >= 4 is 5.97 Å². The number of rotatable bonds is 5. The van der Waals surface area contributed by atoms with E-state index in [0.717, 1.165) is 38.6 Å². The molecule has 1 unspecified atom stereocenters. The van der Waals surface area contributed by atoms with Crippen molar-refractivity contribution in [1.29, 1.82) is 0 Å². The van der Waals surface area contributed by atoms with Crippen molar-refractivity contribution in [2.24, 2.45) is 0 Å². The maximum absolute atomic E-state index is 12.0. The van der Waals surface area contributed by atoms with Crippen molar-refractivity contribution in [2.45, 2.75) is 13.0 Å². The van der Waals surface area contributed by atoms with Crippen LogP contribution in [0.15, 0.2) is 24.3 Å². The van der Waals surface area contributed by atoms with Gasteiger partial charge in [-0.15, -0.1) is 0 Å². The topological polar surface area (TPSA) is 49.2 Å². The molecule has 0 amide bonds. The standard InChI is InChI=1S/C15H21NO4/c1-12(11-16-7-9-19-10-8-16)20-15(17)13-3-5-14(18-2)6-4-13/h3-6,12H,7-11H2,1-2H3/p+1. The molecule has 1 aromatic rings. The molecule has 20 heavy (non-hydrogen) atoms. The predicted molar refractivity (Wildman–Crippen MR) is 74.3 cm³/mol. The van der Waals surface area contributed by atoms with E-state index < -0.39 is 0 Å². The summed E-state index contributed by atoms with van der Waals surface area (Å²) < 4.78 is 15.8. The summed E-state index contributed by atoms with van der Waals surface area (Å²) in [4.78, 5) is 13.4. The number of methoxy groups -OCH3 is 1. The van der Waals surface area contributed by atoms with Crippen molar-refractivity contribution in [3.63, 3.8) is 0 Å². The van der Waals surface area contributed by atoms with Gasteiger partial charge in [-0.25, -0.2) is 4.79 Å². The summed E-state index contributed by atoms with van der Waals surface area (Å²) in [5.41, 5.74) is 0.551. The second kappa shape index (κ2) is 7.26. The van der Waals surface area contributed by atoms with E-state index in [0.29, 0.717) is 5.56 Å². The fraction of sp³-hybridized carbons (Fsp3) is 0.533. The summed E-state index contributed by atoms with van der Waals surface area (Å²) in [7, 11) is 1.60. The van der Waals surface area contributed by atoms with Crippen LogP contribution in [0.3, 0.4) is 0 Å². The fourth-order valence-electron chi connectivity index (χ4n) is 2.29. The van der Waals surface area contributed by atoms with E-state index in [4.69, 9.17) is 14.2 Å². The van der Waals surface area contributed by atoms with E-state index >= 15 is 0 Å². The van der Waals surface area contributed by atoms with Crippen LogP contribution in [0.1, 0.15) is 17.3 Å².